The van der Waals surface area contributed by atoms with Crippen molar-refractivity contribution in [2.45, 2.75) is 95.4 Å². The topological polar surface area (TPSA) is 368 Å². The molecule has 0 aliphatic carbocycles. The lowest BCUT2D eigenvalue weighted by Gasteiger charge is -2.29. The second kappa shape index (κ2) is 25.8. The van der Waals surface area contributed by atoms with E-state index in [1.54, 1.807) is 37.3 Å². The fourth-order valence-corrected chi connectivity index (χ4v) is 5.99. The maximum absolute atomic E-state index is 13.7. The zero-order chi connectivity index (χ0) is 45.6. The number of nitrogens with two attached hydrogens (primary N) is 2. The molecule has 1 aliphatic heterocycles. The highest BCUT2D eigenvalue weighted by Crippen LogP contribution is 2.20. The van der Waals surface area contributed by atoms with Gasteiger partial charge in [-0.25, -0.2) is 0 Å². The molecular weight excluding hydrogens is 804 g/mol. The zero-order valence-electron chi connectivity index (χ0n) is 34.0. The van der Waals surface area contributed by atoms with E-state index in [-0.39, 0.29) is 44.6 Å². The van der Waals surface area contributed by atoms with Crippen molar-refractivity contribution >= 4 is 65.1 Å². The predicted octanol–water partition coefficient (Wildman–Crippen LogP) is -4.27. The first-order valence-corrected chi connectivity index (χ1v) is 19.6. The minimum atomic E-state index is -1.45. The van der Waals surface area contributed by atoms with E-state index in [0.717, 1.165) is 4.90 Å². The molecule has 13 N–H and O–H groups in total. The van der Waals surface area contributed by atoms with Crippen molar-refractivity contribution < 1.29 is 63.0 Å². The van der Waals surface area contributed by atoms with Crippen LogP contribution in [-0.4, -0.2) is 143 Å². The molecule has 1 fully saturated rings. The van der Waals surface area contributed by atoms with Gasteiger partial charge in [0.2, 0.25) is 53.2 Å². The first kappa shape index (κ1) is 50.5. The number of carboxylic acid groups (broad SMARTS) is 2. The van der Waals surface area contributed by atoms with Gasteiger partial charge in [-0.3, -0.25) is 52.7 Å². The molecule has 0 bridgehead atoms. The van der Waals surface area contributed by atoms with Crippen molar-refractivity contribution in [3.63, 3.8) is 0 Å². The molecule has 1 aromatic carbocycles. The van der Waals surface area contributed by atoms with E-state index < -0.39 is 128 Å². The minimum absolute atomic E-state index is 0.0785. The third-order valence-corrected chi connectivity index (χ3v) is 9.64. The second-order valence-electron chi connectivity index (χ2n) is 14.4. The molecule has 9 amide bonds. The number of carbonyl (C=O) groups is 11. The molecule has 1 heterocycles. The second-order valence-corrected chi connectivity index (χ2v) is 14.4. The van der Waals surface area contributed by atoms with Gasteiger partial charge in [-0.2, -0.15) is 0 Å². The Hall–Kier alpha value is -6.65. The average molecular weight is 861 g/mol. The molecule has 0 saturated carbocycles. The minimum Gasteiger partial charge on any atom is -0.481 e. The highest BCUT2D eigenvalue weighted by molar-refractivity contribution is 5.96. The number of primary amides is 1. The lowest BCUT2D eigenvalue weighted by molar-refractivity contribution is -0.143. The largest absolute Gasteiger partial charge is 0.481 e. The fourth-order valence-electron chi connectivity index (χ4n) is 5.99. The van der Waals surface area contributed by atoms with E-state index in [1.165, 1.54) is 0 Å². The smallest absolute Gasteiger partial charge is 0.322 e. The van der Waals surface area contributed by atoms with Crippen LogP contribution >= 0.6 is 0 Å². The number of hydrogen-bond donors (Lipinski definition) is 11. The molecule has 0 aromatic heterocycles. The zero-order valence-corrected chi connectivity index (χ0v) is 34.0. The molecule has 1 aromatic rings. The molecule has 1 aliphatic rings. The number of rotatable bonds is 26. The first-order valence-electron chi connectivity index (χ1n) is 19.6. The SMILES string of the molecule is CCC(C)C(N)C(=O)NC(CCC(N)=O)C(=O)NCC(=O)NCC(=O)NCC(=O)NC(Cc1ccccc1)C(=O)NC(CCC(=O)O)C(=O)N1CCCC1C(=O)NCC(=O)O. The van der Waals surface area contributed by atoms with Gasteiger partial charge in [-0.15, -0.1) is 0 Å². The van der Waals surface area contributed by atoms with Crippen LogP contribution in [0.3, 0.4) is 0 Å². The third-order valence-electron chi connectivity index (χ3n) is 9.64. The summed E-state index contributed by atoms with van der Waals surface area (Å²) in [5.74, 6) is -9.87. The van der Waals surface area contributed by atoms with Gasteiger partial charge >= 0.3 is 11.9 Å². The van der Waals surface area contributed by atoms with Gasteiger partial charge in [0.05, 0.1) is 25.7 Å². The van der Waals surface area contributed by atoms with Crippen LogP contribution in [0.2, 0.25) is 0 Å². The number of nitrogens with zero attached hydrogens (tertiary/aromatic N) is 1. The van der Waals surface area contributed by atoms with Crippen LogP contribution in [0.25, 0.3) is 0 Å². The summed E-state index contributed by atoms with van der Waals surface area (Å²) in [6, 6.07) is 2.36. The number of hydrogen-bond acceptors (Lipinski definition) is 12. The van der Waals surface area contributed by atoms with E-state index in [1.807, 2.05) is 6.92 Å². The molecular formula is C38H56N10O13. The maximum Gasteiger partial charge on any atom is 0.322 e. The quantitative estimate of drug-likeness (QED) is 0.0420. The standard InChI is InChI=1S/C38H56N10O13/c1-3-21(2)33(40)37(60)46-23(11-13-27(39)49)34(57)43-18-29(51)41-17-28(50)42-19-30(52)45-25(16-22-8-5-4-6-9-22)35(58)47-24(12-14-31(53)54)38(61)48-15-7-10-26(48)36(59)44-20-32(55)56/h4-6,8-9,21,23-26,33H,3,7,10-20,40H2,1-2H3,(H2,39,49)(H,41,51)(H,42,50)(H,43,57)(H,44,59)(H,45,52)(H,46,60)(H,47,58)(H,53,54)(H,55,56). The Bertz CT molecular complexity index is 1760. The Morgan fingerprint density at radius 2 is 1.30 bits per heavy atom. The van der Waals surface area contributed by atoms with Crippen LogP contribution in [0.4, 0.5) is 0 Å². The van der Waals surface area contributed by atoms with Crippen LogP contribution in [0, 0.1) is 5.92 Å². The molecule has 0 radical (unpaired) electrons. The normalized spacial score (nSPS) is 15.7. The van der Waals surface area contributed by atoms with Gasteiger partial charge in [0, 0.05) is 25.8 Å². The summed E-state index contributed by atoms with van der Waals surface area (Å²) in [5.41, 5.74) is 11.7. The van der Waals surface area contributed by atoms with Crippen molar-refractivity contribution in [2.75, 3.05) is 32.7 Å². The van der Waals surface area contributed by atoms with E-state index in [2.05, 4.69) is 37.2 Å². The van der Waals surface area contributed by atoms with Crippen molar-refractivity contribution in [3.8, 4) is 0 Å². The van der Waals surface area contributed by atoms with Crippen LogP contribution in [-0.2, 0) is 59.2 Å². The highest BCUT2D eigenvalue weighted by Gasteiger charge is 2.38. The van der Waals surface area contributed by atoms with E-state index in [9.17, 15) is 57.8 Å². The van der Waals surface area contributed by atoms with E-state index in [4.69, 9.17) is 16.6 Å². The van der Waals surface area contributed by atoms with Gasteiger partial charge in [-0.05, 0) is 37.2 Å². The molecule has 6 atom stereocenters. The highest BCUT2D eigenvalue weighted by atomic mass is 16.4. The summed E-state index contributed by atoms with van der Waals surface area (Å²) in [5, 5.41) is 34.8. The van der Waals surface area contributed by atoms with Gasteiger partial charge < -0.3 is 63.8 Å². The fraction of sp³-hybridized carbons (Fsp3) is 0.553. The molecule has 6 unspecified atom stereocenters. The van der Waals surface area contributed by atoms with Crippen molar-refractivity contribution in [2.24, 2.45) is 17.4 Å². The molecule has 23 heteroatoms. The summed E-state index contributed by atoms with van der Waals surface area (Å²) in [6.45, 7) is 1.03. The van der Waals surface area contributed by atoms with Crippen LogP contribution in [0.1, 0.15) is 64.4 Å². The third kappa shape index (κ3) is 18.4. The van der Waals surface area contributed by atoms with Gasteiger partial charge in [0.15, 0.2) is 0 Å². The number of likely N-dealkylation sites (tertiary alicyclic amines) is 1. The number of carboxylic acids is 2. The predicted molar refractivity (Wildman–Crippen MR) is 213 cm³/mol. The number of nitrogens with one attached hydrogen (secondary N) is 7. The Morgan fingerprint density at radius 3 is 1.89 bits per heavy atom. The Labute approximate surface area is 351 Å². The lowest BCUT2D eigenvalue weighted by Crippen LogP contribution is -2.57. The molecule has 336 valence electrons. The average Bonchev–Trinajstić information content (AvgIpc) is 3.72. The van der Waals surface area contributed by atoms with Crippen molar-refractivity contribution in [1.29, 1.82) is 0 Å². The molecule has 2 rings (SSSR count). The monoisotopic (exact) mass is 860 g/mol. The van der Waals surface area contributed by atoms with Crippen LogP contribution < -0.4 is 48.7 Å². The summed E-state index contributed by atoms with van der Waals surface area (Å²) < 4.78 is 0. The number of benzene rings is 1. The van der Waals surface area contributed by atoms with Gasteiger partial charge in [-0.1, -0.05) is 50.6 Å². The van der Waals surface area contributed by atoms with Crippen molar-refractivity contribution in [1.82, 2.24) is 42.1 Å². The number of aliphatic carboxylic acids is 2. The van der Waals surface area contributed by atoms with E-state index >= 15 is 0 Å². The van der Waals surface area contributed by atoms with Crippen molar-refractivity contribution in [3.05, 3.63) is 35.9 Å². The van der Waals surface area contributed by atoms with E-state index in [0.29, 0.717) is 18.4 Å². The van der Waals surface area contributed by atoms with Gasteiger partial charge in [0.1, 0.15) is 30.7 Å². The Balaban J connectivity index is 2.03. The maximum atomic E-state index is 13.7. The summed E-state index contributed by atoms with van der Waals surface area (Å²) in [6.07, 6.45) is -0.277. The molecule has 0 spiro atoms. The summed E-state index contributed by atoms with van der Waals surface area (Å²) >= 11 is 0. The number of carbonyl (C=O) groups excluding carboxylic acids is 9. The van der Waals surface area contributed by atoms with Crippen LogP contribution in [0.15, 0.2) is 30.3 Å². The molecule has 1 saturated heterocycles. The number of amides is 9. The summed E-state index contributed by atoms with van der Waals surface area (Å²) in [4.78, 5) is 138. The Kier molecular flexibility index (Phi) is 21.3. The molecule has 61 heavy (non-hydrogen) atoms. The Morgan fingerprint density at radius 1 is 0.705 bits per heavy atom. The van der Waals surface area contributed by atoms with Crippen LogP contribution in [0.5, 0.6) is 0 Å². The van der Waals surface area contributed by atoms with Gasteiger partial charge in [0.25, 0.3) is 0 Å². The lowest BCUT2D eigenvalue weighted by atomic mass is 9.98. The summed E-state index contributed by atoms with van der Waals surface area (Å²) in [7, 11) is 0. The molecule has 23 nitrogen and oxygen atoms in total. The first-order chi connectivity index (χ1) is 28.8.